The van der Waals surface area contributed by atoms with Gasteiger partial charge in [-0.2, -0.15) is 0 Å². The second kappa shape index (κ2) is 9.33. The van der Waals surface area contributed by atoms with Gasteiger partial charge in [-0.25, -0.2) is 17.9 Å². The number of pyridine rings is 1. The SMILES string of the molecule is COc1cnc2ccc(C(=O)c3c(F)c(F)cc(CCCNS(=O)[O-])c3F)cc2c1. The van der Waals surface area contributed by atoms with Gasteiger partial charge in [0.2, 0.25) is 0 Å². The minimum atomic E-state index is -2.48. The fourth-order valence-electron chi connectivity index (χ4n) is 2.98. The molecule has 2 aromatic carbocycles. The topological polar surface area (TPSA) is 91.3 Å². The Kier molecular flexibility index (Phi) is 6.80. The summed E-state index contributed by atoms with van der Waals surface area (Å²) in [5.74, 6) is -4.70. The number of fused-ring (bicyclic) bond motifs is 1. The molecule has 1 atom stereocenters. The first-order chi connectivity index (χ1) is 14.3. The maximum absolute atomic E-state index is 14.9. The summed E-state index contributed by atoms with van der Waals surface area (Å²) in [6.45, 7) is -0.0165. The van der Waals surface area contributed by atoms with Crippen molar-refractivity contribution in [3.8, 4) is 5.75 Å². The van der Waals surface area contributed by atoms with Crippen LogP contribution < -0.4 is 9.46 Å². The first-order valence-corrected chi connectivity index (χ1v) is 9.87. The highest BCUT2D eigenvalue weighted by Crippen LogP contribution is 2.26. The monoisotopic (exact) mass is 437 g/mol. The summed E-state index contributed by atoms with van der Waals surface area (Å²) in [6.07, 6.45) is 1.52. The minimum Gasteiger partial charge on any atom is -0.760 e. The molecule has 30 heavy (non-hydrogen) atoms. The van der Waals surface area contributed by atoms with Crippen LogP contribution in [0.3, 0.4) is 0 Å². The van der Waals surface area contributed by atoms with Crippen molar-refractivity contribution < 1.29 is 31.5 Å². The zero-order valence-electron chi connectivity index (χ0n) is 15.7. The number of nitrogens with zero attached hydrogens (tertiary/aromatic N) is 1. The fraction of sp³-hybridized carbons (Fsp3) is 0.200. The number of ether oxygens (including phenoxy) is 1. The molecule has 1 N–H and O–H groups in total. The third-order valence-corrected chi connectivity index (χ3v) is 4.90. The number of hydrogen-bond acceptors (Lipinski definition) is 5. The van der Waals surface area contributed by atoms with Gasteiger partial charge in [0, 0.05) is 28.8 Å². The summed E-state index contributed by atoms with van der Waals surface area (Å²) < 4.78 is 71.3. The largest absolute Gasteiger partial charge is 0.760 e. The average molecular weight is 437 g/mol. The molecular weight excluding hydrogens is 421 g/mol. The Labute approximate surface area is 172 Å². The highest BCUT2D eigenvalue weighted by Gasteiger charge is 2.25. The third-order valence-electron chi connectivity index (χ3n) is 4.46. The predicted octanol–water partition coefficient (Wildman–Crippen LogP) is 3.21. The lowest BCUT2D eigenvalue weighted by atomic mass is 9.96. The van der Waals surface area contributed by atoms with E-state index in [1.807, 2.05) is 0 Å². The Morgan fingerprint density at radius 3 is 2.67 bits per heavy atom. The lowest BCUT2D eigenvalue weighted by Crippen LogP contribution is -2.18. The number of methoxy groups -OCH3 is 1. The third kappa shape index (κ3) is 4.66. The van der Waals surface area contributed by atoms with Crippen molar-refractivity contribution in [1.82, 2.24) is 9.71 Å². The normalized spacial score (nSPS) is 12.2. The molecule has 6 nitrogen and oxygen atoms in total. The zero-order chi connectivity index (χ0) is 21.8. The number of ketones is 1. The van der Waals surface area contributed by atoms with Gasteiger partial charge in [-0.1, -0.05) is 0 Å². The van der Waals surface area contributed by atoms with Crippen molar-refractivity contribution in [3.63, 3.8) is 0 Å². The summed E-state index contributed by atoms with van der Waals surface area (Å²) in [7, 11) is 1.45. The highest BCUT2D eigenvalue weighted by atomic mass is 32.2. The number of benzene rings is 2. The molecule has 0 saturated heterocycles. The molecule has 0 aliphatic heterocycles. The van der Waals surface area contributed by atoms with Crippen molar-refractivity contribution in [1.29, 1.82) is 0 Å². The lowest BCUT2D eigenvalue weighted by Gasteiger charge is -2.12. The van der Waals surface area contributed by atoms with Gasteiger partial charge < -0.3 is 9.29 Å². The van der Waals surface area contributed by atoms with E-state index in [1.54, 1.807) is 6.07 Å². The van der Waals surface area contributed by atoms with Crippen LogP contribution in [0.5, 0.6) is 5.75 Å². The van der Waals surface area contributed by atoms with Crippen LogP contribution in [-0.4, -0.2) is 33.2 Å². The van der Waals surface area contributed by atoms with Gasteiger partial charge in [0.05, 0.1) is 24.4 Å². The Balaban J connectivity index is 1.96. The van der Waals surface area contributed by atoms with E-state index in [9.17, 15) is 26.7 Å². The molecule has 1 heterocycles. The van der Waals surface area contributed by atoms with Crippen molar-refractivity contribution in [2.45, 2.75) is 12.8 Å². The second-order valence-electron chi connectivity index (χ2n) is 6.36. The number of rotatable bonds is 8. The number of carbonyl (C=O) groups is 1. The molecule has 0 saturated carbocycles. The summed E-state index contributed by atoms with van der Waals surface area (Å²) in [6, 6.07) is 6.53. The molecule has 158 valence electrons. The fourth-order valence-corrected chi connectivity index (χ4v) is 3.29. The highest BCUT2D eigenvalue weighted by molar-refractivity contribution is 7.77. The van der Waals surface area contributed by atoms with Crippen LogP contribution in [0.1, 0.15) is 27.9 Å². The van der Waals surface area contributed by atoms with E-state index in [2.05, 4.69) is 9.71 Å². The number of hydrogen-bond donors (Lipinski definition) is 1. The smallest absolute Gasteiger partial charge is 0.199 e. The molecule has 0 fully saturated rings. The summed E-state index contributed by atoms with van der Waals surface area (Å²) in [4.78, 5) is 17.0. The van der Waals surface area contributed by atoms with E-state index in [0.29, 0.717) is 22.7 Å². The standard InChI is InChI=1S/C20H17F3N2O4S/c1-29-14-8-13-7-12(4-5-16(13)24-10-14)20(26)17-18(22)11(9-15(21)19(17)23)3-2-6-25-30(27)28/h4-5,7-10,25H,2-3,6H2,1H3,(H,27,28)/p-1. The Bertz CT molecular complexity index is 1140. The average Bonchev–Trinajstić information content (AvgIpc) is 2.73. The molecule has 3 rings (SSSR count). The number of aryl methyl sites for hydroxylation is 1. The maximum Gasteiger partial charge on any atom is 0.199 e. The molecule has 3 aromatic rings. The van der Waals surface area contributed by atoms with E-state index in [1.165, 1.54) is 31.5 Å². The van der Waals surface area contributed by atoms with Crippen molar-refractivity contribution in [2.24, 2.45) is 0 Å². The summed E-state index contributed by atoms with van der Waals surface area (Å²) in [5, 5.41) is 0.509. The van der Waals surface area contributed by atoms with E-state index in [0.717, 1.165) is 0 Å². The summed E-state index contributed by atoms with van der Waals surface area (Å²) in [5.41, 5.74) is -0.729. The first kappa shape index (κ1) is 21.9. The first-order valence-electron chi connectivity index (χ1n) is 8.79. The zero-order valence-corrected chi connectivity index (χ0v) is 16.5. The molecule has 1 aromatic heterocycles. The minimum absolute atomic E-state index is 0.0165. The van der Waals surface area contributed by atoms with Crippen molar-refractivity contribution in [2.75, 3.05) is 13.7 Å². The lowest BCUT2D eigenvalue weighted by molar-refractivity contribution is 0.102. The number of aromatic nitrogens is 1. The summed E-state index contributed by atoms with van der Waals surface area (Å²) >= 11 is -2.48. The van der Waals surface area contributed by atoms with Crippen LogP contribution >= 0.6 is 0 Å². The van der Waals surface area contributed by atoms with Gasteiger partial charge in [-0.05, 0) is 48.7 Å². The van der Waals surface area contributed by atoms with Crippen LogP contribution in [0, 0.1) is 17.5 Å². The van der Waals surface area contributed by atoms with Gasteiger partial charge in [0.25, 0.3) is 0 Å². The Hall–Kier alpha value is -2.82. The molecule has 0 spiro atoms. The quantitative estimate of drug-likeness (QED) is 0.253. The predicted molar refractivity (Wildman–Crippen MR) is 103 cm³/mol. The molecule has 0 amide bonds. The molecule has 0 aliphatic rings. The van der Waals surface area contributed by atoms with Crippen LogP contribution in [0.2, 0.25) is 0 Å². The Morgan fingerprint density at radius 2 is 1.97 bits per heavy atom. The number of carbonyl (C=O) groups excluding carboxylic acids is 1. The van der Waals surface area contributed by atoms with Gasteiger partial charge >= 0.3 is 0 Å². The molecule has 0 bridgehead atoms. The molecule has 10 heteroatoms. The van der Waals surface area contributed by atoms with E-state index >= 15 is 0 Å². The van der Waals surface area contributed by atoms with E-state index in [-0.39, 0.29) is 30.5 Å². The number of nitrogens with one attached hydrogen (secondary N) is 1. The van der Waals surface area contributed by atoms with Crippen LogP contribution in [-0.2, 0) is 17.7 Å². The van der Waals surface area contributed by atoms with Crippen LogP contribution in [0.25, 0.3) is 10.9 Å². The molecular formula is C20H16F3N2O4S-. The van der Waals surface area contributed by atoms with Gasteiger partial charge in [-0.3, -0.25) is 14.0 Å². The van der Waals surface area contributed by atoms with Crippen molar-refractivity contribution >= 4 is 28.0 Å². The van der Waals surface area contributed by atoms with Crippen LogP contribution in [0.4, 0.5) is 13.2 Å². The van der Waals surface area contributed by atoms with Gasteiger partial charge in [0.15, 0.2) is 17.4 Å². The number of halogens is 3. The molecule has 1 unspecified atom stereocenters. The molecule has 0 radical (unpaired) electrons. The molecule has 0 aliphatic carbocycles. The Morgan fingerprint density at radius 1 is 1.20 bits per heavy atom. The van der Waals surface area contributed by atoms with E-state index in [4.69, 9.17) is 4.74 Å². The van der Waals surface area contributed by atoms with Crippen molar-refractivity contribution in [3.05, 3.63) is 70.7 Å². The van der Waals surface area contributed by atoms with Gasteiger partial charge in [-0.15, -0.1) is 0 Å². The van der Waals surface area contributed by atoms with Crippen LogP contribution in [0.15, 0.2) is 36.5 Å². The second-order valence-corrected chi connectivity index (χ2v) is 7.12. The maximum atomic E-state index is 14.9. The van der Waals surface area contributed by atoms with Gasteiger partial charge in [0.1, 0.15) is 11.6 Å². The van der Waals surface area contributed by atoms with E-state index < -0.39 is 40.1 Å².